The Hall–Kier alpha value is -0.710. The molecule has 0 bridgehead atoms. The fourth-order valence-electron chi connectivity index (χ4n) is 1.84. The zero-order chi connectivity index (χ0) is 12.1. The highest BCUT2D eigenvalue weighted by molar-refractivity contribution is 9.10. The number of thiazole rings is 1. The second-order valence-electron chi connectivity index (χ2n) is 3.80. The Morgan fingerprint density at radius 3 is 2.88 bits per heavy atom. The van der Waals surface area contributed by atoms with Crippen molar-refractivity contribution in [2.75, 3.05) is 6.54 Å². The minimum Gasteiger partial charge on any atom is -0.310 e. The number of hydrogen-bond donors (Lipinski definition) is 1. The summed E-state index contributed by atoms with van der Waals surface area (Å²) >= 11 is 5.33. The molecule has 0 aliphatic heterocycles. The van der Waals surface area contributed by atoms with Crippen molar-refractivity contribution in [1.29, 1.82) is 0 Å². The van der Waals surface area contributed by atoms with E-state index in [-0.39, 0.29) is 0 Å². The quantitative estimate of drug-likeness (QED) is 0.908. The maximum absolute atomic E-state index is 4.13. The molecule has 0 radical (unpaired) electrons. The van der Waals surface area contributed by atoms with Gasteiger partial charge in [-0.2, -0.15) is 0 Å². The van der Waals surface area contributed by atoms with Crippen molar-refractivity contribution < 1.29 is 0 Å². The van der Waals surface area contributed by atoms with Crippen LogP contribution in [0.2, 0.25) is 0 Å². The van der Waals surface area contributed by atoms with Crippen LogP contribution in [0.1, 0.15) is 23.4 Å². The third kappa shape index (κ3) is 3.37. The summed E-state index contributed by atoms with van der Waals surface area (Å²) in [7, 11) is 0. The first kappa shape index (κ1) is 12.7. The molecule has 2 nitrogen and oxygen atoms in total. The summed E-state index contributed by atoms with van der Waals surface area (Å²) in [6.07, 6.45) is 2.94. The van der Waals surface area contributed by atoms with E-state index in [0.717, 1.165) is 17.4 Å². The number of rotatable bonds is 5. The van der Waals surface area contributed by atoms with Gasteiger partial charge in [-0.1, -0.05) is 41.1 Å². The van der Waals surface area contributed by atoms with E-state index >= 15 is 0 Å². The summed E-state index contributed by atoms with van der Waals surface area (Å²) in [5.41, 5.74) is 3.20. The SMILES string of the molecule is CCNC(Cc1cncs1)c1ccccc1Br. The lowest BCUT2D eigenvalue weighted by Gasteiger charge is -2.18. The molecule has 1 unspecified atom stereocenters. The zero-order valence-electron chi connectivity index (χ0n) is 9.69. The maximum atomic E-state index is 4.13. The van der Waals surface area contributed by atoms with Crippen molar-refractivity contribution in [3.63, 3.8) is 0 Å². The number of nitrogens with one attached hydrogen (secondary N) is 1. The van der Waals surface area contributed by atoms with Crippen LogP contribution in [0.3, 0.4) is 0 Å². The lowest BCUT2D eigenvalue weighted by Crippen LogP contribution is -2.23. The van der Waals surface area contributed by atoms with Gasteiger partial charge in [0.05, 0.1) is 5.51 Å². The predicted octanol–water partition coefficient (Wildman–Crippen LogP) is 3.80. The smallest absolute Gasteiger partial charge is 0.0794 e. The molecule has 0 saturated carbocycles. The highest BCUT2D eigenvalue weighted by Gasteiger charge is 2.14. The summed E-state index contributed by atoms with van der Waals surface area (Å²) in [5.74, 6) is 0. The van der Waals surface area contributed by atoms with Gasteiger partial charge in [-0.05, 0) is 18.2 Å². The van der Waals surface area contributed by atoms with Crippen molar-refractivity contribution in [3.05, 3.63) is 50.9 Å². The Kier molecular flexibility index (Phi) is 4.71. The van der Waals surface area contributed by atoms with Crippen molar-refractivity contribution in [2.45, 2.75) is 19.4 Å². The van der Waals surface area contributed by atoms with E-state index in [1.807, 2.05) is 17.8 Å². The van der Waals surface area contributed by atoms with Crippen LogP contribution in [0.4, 0.5) is 0 Å². The predicted molar refractivity (Wildman–Crippen MR) is 76.4 cm³/mol. The van der Waals surface area contributed by atoms with Crippen molar-refractivity contribution >= 4 is 27.3 Å². The van der Waals surface area contributed by atoms with Gasteiger partial charge in [0.15, 0.2) is 0 Å². The van der Waals surface area contributed by atoms with Crippen LogP contribution in [0.5, 0.6) is 0 Å². The average molecular weight is 311 g/mol. The molecule has 1 aromatic carbocycles. The van der Waals surface area contributed by atoms with E-state index in [9.17, 15) is 0 Å². The molecule has 2 rings (SSSR count). The second-order valence-corrected chi connectivity index (χ2v) is 5.63. The molecular weight excluding hydrogens is 296 g/mol. The van der Waals surface area contributed by atoms with Crippen LogP contribution < -0.4 is 5.32 Å². The Labute approximate surface area is 114 Å². The summed E-state index contributed by atoms with van der Waals surface area (Å²) in [6, 6.07) is 8.72. The number of halogens is 1. The van der Waals surface area contributed by atoms with Gasteiger partial charge in [0.25, 0.3) is 0 Å². The molecule has 0 aliphatic rings. The highest BCUT2D eigenvalue weighted by Crippen LogP contribution is 2.26. The van der Waals surface area contributed by atoms with Crippen LogP contribution in [0, 0.1) is 0 Å². The summed E-state index contributed by atoms with van der Waals surface area (Å²) in [4.78, 5) is 5.44. The molecule has 1 heterocycles. The van der Waals surface area contributed by atoms with Gasteiger partial charge in [0, 0.05) is 28.0 Å². The molecule has 0 spiro atoms. The Balaban J connectivity index is 2.20. The van der Waals surface area contributed by atoms with Crippen LogP contribution in [0.25, 0.3) is 0 Å². The maximum Gasteiger partial charge on any atom is 0.0794 e. The number of likely N-dealkylation sites (N-methyl/N-ethyl adjacent to an activating group) is 1. The van der Waals surface area contributed by atoms with Crippen LogP contribution in [0.15, 0.2) is 40.4 Å². The van der Waals surface area contributed by atoms with Crippen LogP contribution in [-0.2, 0) is 6.42 Å². The molecular formula is C13H15BrN2S. The van der Waals surface area contributed by atoms with Crippen molar-refractivity contribution in [3.8, 4) is 0 Å². The Morgan fingerprint density at radius 1 is 1.41 bits per heavy atom. The lowest BCUT2D eigenvalue weighted by atomic mass is 10.0. The van der Waals surface area contributed by atoms with Crippen molar-refractivity contribution in [2.24, 2.45) is 0 Å². The van der Waals surface area contributed by atoms with E-state index < -0.39 is 0 Å². The van der Waals surface area contributed by atoms with E-state index in [4.69, 9.17) is 0 Å². The standard InChI is InChI=1S/C13H15BrN2S/c1-2-16-13(7-10-8-15-9-17-10)11-5-3-4-6-12(11)14/h3-6,8-9,13,16H,2,7H2,1H3. The van der Waals surface area contributed by atoms with Crippen molar-refractivity contribution in [1.82, 2.24) is 10.3 Å². The van der Waals surface area contributed by atoms with E-state index in [1.54, 1.807) is 11.3 Å². The molecule has 90 valence electrons. The fourth-order valence-corrected chi connectivity index (χ4v) is 3.04. The normalized spacial score (nSPS) is 12.6. The van der Waals surface area contributed by atoms with Crippen LogP contribution in [-0.4, -0.2) is 11.5 Å². The minimum atomic E-state index is 0.344. The first-order chi connectivity index (χ1) is 8.31. The molecule has 4 heteroatoms. The van der Waals surface area contributed by atoms with Gasteiger partial charge >= 0.3 is 0 Å². The number of hydrogen-bond acceptors (Lipinski definition) is 3. The topological polar surface area (TPSA) is 24.9 Å². The molecule has 17 heavy (non-hydrogen) atoms. The minimum absolute atomic E-state index is 0.344. The third-order valence-electron chi connectivity index (χ3n) is 2.62. The number of nitrogens with zero attached hydrogens (tertiary/aromatic N) is 1. The van der Waals surface area contributed by atoms with Crippen LogP contribution >= 0.6 is 27.3 Å². The van der Waals surface area contributed by atoms with Gasteiger partial charge in [0.1, 0.15) is 0 Å². The molecule has 0 saturated heterocycles. The van der Waals surface area contributed by atoms with Gasteiger partial charge in [-0.25, -0.2) is 0 Å². The zero-order valence-corrected chi connectivity index (χ0v) is 12.1. The average Bonchev–Trinajstić information content (AvgIpc) is 2.82. The number of benzene rings is 1. The lowest BCUT2D eigenvalue weighted by molar-refractivity contribution is 0.551. The van der Waals surface area contributed by atoms with Gasteiger partial charge in [0.2, 0.25) is 0 Å². The van der Waals surface area contributed by atoms with Gasteiger partial charge in [-0.15, -0.1) is 11.3 Å². The Morgan fingerprint density at radius 2 is 2.24 bits per heavy atom. The van der Waals surface area contributed by atoms with E-state index in [0.29, 0.717) is 6.04 Å². The molecule has 0 fully saturated rings. The first-order valence-electron chi connectivity index (χ1n) is 5.66. The van der Waals surface area contributed by atoms with Gasteiger partial charge < -0.3 is 5.32 Å². The molecule has 1 aromatic heterocycles. The number of aromatic nitrogens is 1. The highest BCUT2D eigenvalue weighted by atomic mass is 79.9. The van der Waals surface area contributed by atoms with E-state index in [2.05, 4.69) is 51.4 Å². The molecule has 1 N–H and O–H groups in total. The Bertz CT molecular complexity index is 456. The molecule has 2 aromatic rings. The monoisotopic (exact) mass is 310 g/mol. The summed E-state index contributed by atoms with van der Waals surface area (Å²) in [6.45, 7) is 3.10. The largest absolute Gasteiger partial charge is 0.310 e. The van der Waals surface area contributed by atoms with Gasteiger partial charge in [-0.3, -0.25) is 4.98 Å². The molecule has 1 atom stereocenters. The third-order valence-corrected chi connectivity index (χ3v) is 4.14. The fraction of sp³-hybridized carbons (Fsp3) is 0.308. The first-order valence-corrected chi connectivity index (χ1v) is 7.33. The summed E-state index contributed by atoms with van der Waals surface area (Å²) < 4.78 is 1.16. The second kappa shape index (κ2) is 6.28. The molecule has 0 aliphatic carbocycles. The molecule has 0 amide bonds. The summed E-state index contributed by atoms with van der Waals surface area (Å²) in [5, 5.41) is 3.53. The van der Waals surface area contributed by atoms with E-state index in [1.165, 1.54) is 10.4 Å².